The van der Waals surface area contributed by atoms with E-state index in [1.807, 2.05) is 24.3 Å². The first-order valence-electron chi connectivity index (χ1n) is 5.78. The Morgan fingerprint density at radius 3 is 2.83 bits per heavy atom. The highest BCUT2D eigenvalue weighted by atomic mass is 79.9. The first-order chi connectivity index (χ1) is 8.61. The fourth-order valence-corrected chi connectivity index (χ4v) is 1.87. The van der Waals surface area contributed by atoms with Crippen LogP contribution in [0.25, 0.3) is 0 Å². The SMILES string of the molecule is CCOC(=O)CNC(=O)CCc1cccc(Br)c1. The van der Waals surface area contributed by atoms with Gasteiger partial charge in [-0.3, -0.25) is 9.59 Å². The second-order valence-electron chi connectivity index (χ2n) is 3.71. The van der Waals surface area contributed by atoms with Crippen LogP contribution in [0.15, 0.2) is 28.7 Å². The van der Waals surface area contributed by atoms with Gasteiger partial charge in [-0.15, -0.1) is 0 Å². The lowest BCUT2D eigenvalue weighted by molar-refractivity contribution is -0.143. The van der Waals surface area contributed by atoms with Crippen molar-refractivity contribution in [2.24, 2.45) is 0 Å². The largest absolute Gasteiger partial charge is 0.465 e. The summed E-state index contributed by atoms with van der Waals surface area (Å²) in [5, 5.41) is 2.53. The first kappa shape index (κ1) is 14.7. The summed E-state index contributed by atoms with van der Waals surface area (Å²) in [6.07, 6.45) is 1.00. The van der Waals surface area contributed by atoms with Crippen molar-refractivity contribution in [1.82, 2.24) is 5.32 Å². The number of rotatable bonds is 6. The van der Waals surface area contributed by atoms with E-state index in [0.29, 0.717) is 19.4 Å². The molecule has 0 aliphatic rings. The molecule has 0 atom stereocenters. The third-order valence-electron chi connectivity index (χ3n) is 2.26. The molecular formula is C13H16BrNO3. The Labute approximate surface area is 115 Å². The Hall–Kier alpha value is -1.36. The number of hydrogen-bond acceptors (Lipinski definition) is 3. The summed E-state index contributed by atoms with van der Waals surface area (Å²) in [6.45, 7) is 1.99. The molecule has 1 amide bonds. The summed E-state index contributed by atoms with van der Waals surface area (Å²) in [5.74, 6) is -0.559. The van der Waals surface area contributed by atoms with Crippen LogP contribution in [-0.2, 0) is 20.7 Å². The monoisotopic (exact) mass is 313 g/mol. The lowest BCUT2D eigenvalue weighted by Crippen LogP contribution is -2.30. The van der Waals surface area contributed by atoms with E-state index >= 15 is 0 Å². The van der Waals surface area contributed by atoms with Gasteiger partial charge < -0.3 is 10.1 Å². The van der Waals surface area contributed by atoms with Gasteiger partial charge in [-0.05, 0) is 31.0 Å². The molecule has 4 nitrogen and oxygen atoms in total. The molecule has 0 aliphatic carbocycles. The highest BCUT2D eigenvalue weighted by molar-refractivity contribution is 9.10. The number of ether oxygens (including phenoxy) is 1. The topological polar surface area (TPSA) is 55.4 Å². The van der Waals surface area contributed by atoms with Crippen LogP contribution in [0.3, 0.4) is 0 Å². The predicted octanol–water partition coefficient (Wildman–Crippen LogP) is 2.06. The molecule has 0 spiro atoms. The zero-order valence-corrected chi connectivity index (χ0v) is 11.8. The fourth-order valence-electron chi connectivity index (χ4n) is 1.42. The van der Waals surface area contributed by atoms with E-state index in [1.54, 1.807) is 6.92 Å². The maximum atomic E-state index is 11.5. The summed E-state index contributed by atoms with van der Waals surface area (Å²) in [6, 6.07) is 7.79. The number of nitrogens with one attached hydrogen (secondary N) is 1. The molecule has 5 heteroatoms. The van der Waals surface area contributed by atoms with Crippen LogP contribution in [0.4, 0.5) is 0 Å². The first-order valence-corrected chi connectivity index (χ1v) is 6.58. The molecule has 1 aromatic rings. The van der Waals surface area contributed by atoms with Crippen molar-refractivity contribution in [1.29, 1.82) is 0 Å². The molecule has 98 valence electrons. The molecule has 1 rings (SSSR count). The van der Waals surface area contributed by atoms with Crippen molar-refractivity contribution in [3.8, 4) is 0 Å². The van der Waals surface area contributed by atoms with Crippen molar-refractivity contribution in [3.05, 3.63) is 34.3 Å². The maximum Gasteiger partial charge on any atom is 0.325 e. The minimum absolute atomic E-state index is 0.0643. The number of aryl methyl sites for hydroxylation is 1. The standard InChI is InChI=1S/C13H16BrNO3/c1-2-18-13(17)9-15-12(16)7-6-10-4-3-5-11(14)8-10/h3-5,8H,2,6-7,9H2,1H3,(H,15,16). The Morgan fingerprint density at radius 1 is 1.39 bits per heavy atom. The Balaban J connectivity index is 2.27. The van der Waals surface area contributed by atoms with E-state index in [1.165, 1.54) is 0 Å². The smallest absolute Gasteiger partial charge is 0.325 e. The summed E-state index contributed by atoms with van der Waals surface area (Å²) < 4.78 is 5.70. The van der Waals surface area contributed by atoms with Gasteiger partial charge in [0, 0.05) is 10.9 Å². The van der Waals surface area contributed by atoms with Crippen molar-refractivity contribution in [2.75, 3.05) is 13.2 Å². The number of hydrogen-bond donors (Lipinski definition) is 1. The van der Waals surface area contributed by atoms with Gasteiger partial charge in [0.15, 0.2) is 0 Å². The maximum absolute atomic E-state index is 11.5. The van der Waals surface area contributed by atoms with Crippen LogP contribution in [0.1, 0.15) is 18.9 Å². The molecule has 1 aromatic carbocycles. The minimum atomic E-state index is -0.409. The van der Waals surface area contributed by atoms with Crippen LogP contribution in [0.2, 0.25) is 0 Å². The van der Waals surface area contributed by atoms with Crippen molar-refractivity contribution in [2.45, 2.75) is 19.8 Å². The minimum Gasteiger partial charge on any atom is -0.465 e. The fraction of sp³-hybridized carbons (Fsp3) is 0.385. The normalized spacial score (nSPS) is 9.89. The average molecular weight is 314 g/mol. The van der Waals surface area contributed by atoms with E-state index in [9.17, 15) is 9.59 Å². The van der Waals surface area contributed by atoms with E-state index in [-0.39, 0.29) is 12.5 Å². The number of halogens is 1. The number of carbonyl (C=O) groups is 2. The van der Waals surface area contributed by atoms with Gasteiger partial charge in [-0.2, -0.15) is 0 Å². The van der Waals surface area contributed by atoms with Crippen LogP contribution >= 0.6 is 15.9 Å². The van der Waals surface area contributed by atoms with Crippen molar-refractivity contribution < 1.29 is 14.3 Å². The Morgan fingerprint density at radius 2 is 2.17 bits per heavy atom. The third kappa shape index (κ3) is 5.82. The molecule has 0 saturated heterocycles. The van der Waals surface area contributed by atoms with Gasteiger partial charge in [-0.25, -0.2) is 0 Å². The number of amides is 1. The number of esters is 1. The van der Waals surface area contributed by atoms with Crippen molar-refractivity contribution in [3.63, 3.8) is 0 Å². The highest BCUT2D eigenvalue weighted by Crippen LogP contribution is 2.12. The predicted molar refractivity (Wildman–Crippen MR) is 72.1 cm³/mol. The van der Waals surface area contributed by atoms with E-state index in [0.717, 1.165) is 10.0 Å². The molecule has 18 heavy (non-hydrogen) atoms. The lowest BCUT2D eigenvalue weighted by Gasteiger charge is -2.05. The van der Waals surface area contributed by atoms with E-state index in [4.69, 9.17) is 4.74 Å². The molecule has 0 aromatic heterocycles. The van der Waals surface area contributed by atoms with Gasteiger partial charge in [0.1, 0.15) is 6.54 Å². The summed E-state index contributed by atoms with van der Waals surface area (Å²) in [7, 11) is 0. The van der Waals surface area contributed by atoms with Crippen LogP contribution in [-0.4, -0.2) is 25.0 Å². The number of benzene rings is 1. The zero-order chi connectivity index (χ0) is 13.4. The molecule has 0 unspecified atom stereocenters. The second-order valence-corrected chi connectivity index (χ2v) is 4.63. The number of carbonyl (C=O) groups excluding carboxylic acids is 2. The van der Waals surface area contributed by atoms with Gasteiger partial charge >= 0.3 is 5.97 Å². The summed E-state index contributed by atoms with van der Waals surface area (Å²) in [4.78, 5) is 22.5. The Bertz CT molecular complexity index is 420. The van der Waals surface area contributed by atoms with Gasteiger partial charge in [-0.1, -0.05) is 28.1 Å². The summed E-state index contributed by atoms with van der Waals surface area (Å²) >= 11 is 3.37. The highest BCUT2D eigenvalue weighted by Gasteiger charge is 2.06. The molecule has 0 aliphatic heterocycles. The van der Waals surface area contributed by atoms with E-state index < -0.39 is 5.97 Å². The molecule has 0 saturated carbocycles. The third-order valence-corrected chi connectivity index (χ3v) is 2.76. The van der Waals surface area contributed by atoms with Crippen molar-refractivity contribution >= 4 is 27.8 Å². The quantitative estimate of drug-likeness (QED) is 0.818. The van der Waals surface area contributed by atoms with Gasteiger partial charge in [0.25, 0.3) is 0 Å². The molecular weight excluding hydrogens is 298 g/mol. The average Bonchev–Trinajstić information content (AvgIpc) is 2.34. The Kier molecular flexibility index (Phi) is 6.43. The molecule has 1 N–H and O–H groups in total. The molecule has 0 heterocycles. The molecule has 0 radical (unpaired) electrons. The summed E-state index contributed by atoms with van der Waals surface area (Å²) in [5.41, 5.74) is 1.08. The molecule has 0 bridgehead atoms. The lowest BCUT2D eigenvalue weighted by atomic mass is 10.1. The van der Waals surface area contributed by atoms with Crippen LogP contribution in [0, 0.1) is 0 Å². The molecule has 0 fully saturated rings. The zero-order valence-electron chi connectivity index (χ0n) is 10.2. The second kappa shape index (κ2) is 7.87. The van der Waals surface area contributed by atoms with Gasteiger partial charge in [0.05, 0.1) is 6.61 Å². The van der Waals surface area contributed by atoms with Crippen LogP contribution in [0.5, 0.6) is 0 Å². The van der Waals surface area contributed by atoms with Gasteiger partial charge in [0.2, 0.25) is 5.91 Å². The van der Waals surface area contributed by atoms with E-state index in [2.05, 4.69) is 21.2 Å². The van der Waals surface area contributed by atoms with Crippen LogP contribution < -0.4 is 5.32 Å².